The van der Waals surface area contributed by atoms with E-state index in [0.29, 0.717) is 5.92 Å². The summed E-state index contributed by atoms with van der Waals surface area (Å²) in [6.45, 7) is 5.26. The van der Waals surface area contributed by atoms with E-state index in [4.69, 9.17) is 4.74 Å². The van der Waals surface area contributed by atoms with Crippen molar-refractivity contribution >= 4 is 39.5 Å². The van der Waals surface area contributed by atoms with E-state index in [2.05, 4.69) is 62.4 Å². The molecule has 0 saturated carbocycles. The minimum atomic E-state index is -0.202. The highest BCUT2D eigenvalue weighted by Crippen LogP contribution is 2.45. The van der Waals surface area contributed by atoms with Crippen LogP contribution in [-0.2, 0) is 0 Å². The molecule has 0 amide bonds. The molecule has 34 heavy (non-hydrogen) atoms. The van der Waals surface area contributed by atoms with Crippen molar-refractivity contribution in [2.24, 2.45) is 11.8 Å². The molecule has 0 aromatic heterocycles. The number of unbranched alkanes of at least 4 members (excludes halogenated alkanes) is 1. The molecule has 3 aliphatic carbocycles. The Labute approximate surface area is 205 Å². The molecule has 0 N–H and O–H groups in total. The van der Waals surface area contributed by atoms with Crippen molar-refractivity contribution in [2.45, 2.75) is 49.7 Å². The lowest BCUT2D eigenvalue weighted by atomic mass is 9.78. The summed E-state index contributed by atoms with van der Waals surface area (Å²) >= 11 is 1.87. The largest absolute Gasteiger partial charge is 0.492 e. The zero-order valence-corrected chi connectivity index (χ0v) is 20.7. The molecule has 2 aromatic carbocycles. The number of hydrogen-bond donors (Lipinski definition) is 0. The lowest BCUT2D eigenvalue weighted by Gasteiger charge is -2.30. The number of allylic oxidation sites excluding steroid dienone is 7. The Morgan fingerprint density at radius 2 is 1.79 bits per heavy atom. The summed E-state index contributed by atoms with van der Waals surface area (Å²) in [5, 5.41) is 4.98. The molecule has 2 nitrogen and oxygen atoms in total. The summed E-state index contributed by atoms with van der Waals surface area (Å²) < 4.78 is 6.66. The summed E-state index contributed by atoms with van der Waals surface area (Å²) in [5.74, 6) is 1.55. The van der Waals surface area contributed by atoms with Gasteiger partial charge in [0.25, 0.3) is 0 Å². The zero-order valence-electron chi connectivity index (χ0n) is 19.8. The summed E-state index contributed by atoms with van der Waals surface area (Å²) in [7, 11) is 0. The standard InChI is InChI=1S/C31H30O2S/c1-3-5-10-19(4-2)18-33-26-17-25-20-11-6-7-13-23(20)30(32)24-16-15-22-21-12-8-9-14-27(21)34-31(26)29(22)28(24)25/h6-9,11-17,19,23,27H,3-5,10,18H2,1-2H3. The van der Waals surface area contributed by atoms with Gasteiger partial charge in [-0.2, -0.15) is 0 Å². The molecule has 3 unspecified atom stereocenters. The molecule has 2 aromatic rings. The molecule has 3 heteroatoms. The van der Waals surface area contributed by atoms with Crippen LogP contribution in [0.1, 0.15) is 49.9 Å². The summed E-state index contributed by atoms with van der Waals surface area (Å²) in [6.07, 6.45) is 21.8. The van der Waals surface area contributed by atoms with Crippen LogP contribution < -0.4 is 15.2 Å². The van der Waals surface area contributed by atoms with Gasteiger partial charge in [-0.25, -0.2) is 0 Å². The number of rotatable bonds is 7. The quantitative estimate of drug-likeness (QED) is 0.481. The Hall–Kier alpha value is -2.78. The maximum Gasteiger partial charge on any atom is 0.174 e. The molecule has 1 heterocycles. The van der Waals surface area contributed by atoms with E-state index < -0.39 is 0 Å². The van der Waals surface area contributed by atoms with Gasteiger partial charge in [0, 0.05) is 16.3 Å². The maximum absolute atomic E-state index is 13.5. The van der Waals surface area contributed by atoms with E-state index in [0.717, 1.165) is 40.5 Å². The van der Waals surface area contributed by atoms with Gasteiger partial charge >= 0.3 is 0 Å². The Bertz CT molecular complexity index is 1440. The van der Waals surface area contributed by atoms with Crippen molar-refractivity contribution in [3.8, 4) is 5.75 Å². The van der Waals surface area contributed by atoms with Crippen molar-refractivity contribution in [3.63, 3.8) is 0 Å². The van der Waals surface area contributed by atoms with Crippen molar-refractivity contribution in [2.75, 3.05) is 6.61 Å². The Kier molecular flexibility index (Phi) is 5.61. The minimum absolute atomic E-state index is 0.202. The molecule has 1 aliphatic heterocycles. The Balaban J connectivity index is 1.62. The number of ether oxygens (including phenoxy) is 1. The van der Waals surface area contributed by atoms with Gasteiger partial charge in [-0.05, 0) is 40.0 Å². The maximum atomic E-state index is 13.5. The van der Waals surface area contributed by atoms with Gasteiger partial charge in [-0.15, -0.1) is 11.8 Å². The number of carbonyl (C=O) groups is 1. The van der Waals surface area contributed by atoms with Crippen LogP contribution in [0.25, 0.3) is 21.9 Å². The van der Waals surface area contributed by atoms with Crippen LogP contribution in [0.15, 0.2) is 71.7 Å². The van der Waals surface area contributed by atoms with Gasteiger partial charge in [-0.3, -0.25) is 4.79 Å². The molecular weight excluding hydrogens is 436 g/mol. The molecule has 0 fully saturated rings. The average Bonchev–Trinajstić information content (AvgIpc) is 2.89. The predicted molar refractivity (Wildman–Crippen MR) is 143 cm³/mol. The Morgan fingerprint density at radius 1 is 0.971 bits per heavy atom. The van der Waals surface area contributed by atoms with Crippen LogP contribution in [0.5, 0.6) is 5.75 Å². The van der Waals surface area contributed by atoms with Gasteiger partial charge in [0.2, 0.25) is 0 Å². The van der Waals surface area contributed by atoms with Crippen LogP contribution in [0.4, 0.5) is 0 Å². The number of ketones is 1. The van der Waals surface area contributed by atoms with Crippen LogP contribution in [0.3, 0.4) is 0 Å². The molecule has 0 saturated heterocycles. The summed E-state index contributed by atoms with van der Waals surface area (Å²) in [4.78, 5) is 14.7. The van der Waals surface area contributed by atoms with E-state index in [1.165, 1.54) is 40.3 Å². The normalized spacial score (nSPS) is 22.2. The fourth-order valence-corrected chi connectivity index (χ4v) is 7.02. The fourth-order valence-electron chi connectivity index (χ4n) is 5.70. The molecule has 172 valence electrons. The number of fused-ring (bicyclic) bond motifs is 2. The number of Topliss-reactive ketones (excluding diaryl/α,β-unsaturated/α-hetero) is 1. The second-order valence-electron chi connectivity index (χ2n) is 9.67. The first-order chi connectivity index (χ1) is 16.7. The molecule has 6 rings (SSSR count). The second kappa shape index (κ2) is 8.78. The third-order valence-electron chi connectivity index (χ3n) is 7.64. The lowest BCUT2D eigenvalue weighted by Crippen LogP contribution is -2.31. The first-order valence-electron chi connectivity index (χ1n) is 12.6. The van der Waals surface area contributed by atoms with E-state index in [9.17, 15) is 4.79 Å². The molecule has 4 aliphatic rings. The van der Waals surface area contributed by atoms with Crippen LogP contribution in [0, 0.1) is 11.8 Å². The second-order valence-corrected chi connectivity index (χ2v) is 10.8. The number of carbonyl (C=O) groups excluding carboxylic acids is 1. The molecule has 0 spiro atoms. The number of benzene rings is 2. The van der Waals surface area contributed by atoms with Gasteiger partial charge in [0.1, 0.15) is 5.75 Å². The topological polar surface area (TPSA) is 26.3 Å². The lowest BCUT2D eigenvalue weighted by molar-refractivity contribution is 0.0969. The third-order valence-corrected chi connectivity index (χ3v) is 8.94. The molecule has 0 radical (unpaired) electrons. The highest BCUT2D eigenvalue weighted by atomic mass is 32.2. The third kappa shape index (κ3) is 3.36. The minimum Gasteiger partial charge on any atom is -0.492 e. The van der Waals surface area contributed by atoms with Gasteiger partial charge < -0.3 is 4.74 Å². The SMILES string of the molecule is CCCCC(CC)COc1cc2c3c(ccc4c3c1SC1C=CC=CC=41)C(=O)C1C=CC=CC=21. The first-order valence-corrected chi connectivity index (χ1v) is 13.5. The van der Waals surface area contributed by atoms with E-state index in [-0.39, 0.29) is 17.0 Å². The molecule has 0 bridgehead atoms. The first kappa shape index (κ1) is 21.7. The van der Waals surface area contributed by atoms with Crippen LogP contribution in [-0.4, -0.2) is 17.6 Å². The van der Waals surface area contributed by atoms with Gasteiger partial charge in [0.05, 0.1) is 22.7 Å². The van der Waals surface area contributed by atoms with Gasteiger partial charge in [-0.1, -0.05) is 93.9 Å². The summed E-state index contributed by atoms with van der Waals surface area (Å²) in [6, 6.07) is 6.46. The van der Waals surface area contributed by atoms with Crippen molar-refractivity contribution in [3.05, 3.63) is 82.8 Å². The zero-order chi connectivity index (χ0) is 23.2. The monoisotopic (exact) mass is 466 g/mol. The Morgan fingerprint density at radius 3 is 2.62 bits per heavy atom. The van der Waals surface area contributed by atoms with E-state index in [1.54, 1.807) is 0 Å². The van der Waals surface area contributed by atoms with E-state index in [1.807, 2.05) is 30.0 Å². The average molecular weight is 467 g/mol. The predicted octanol–water partition coefficient (Wildman–Crippen LogP) is 6.28. The fraction of sp³-hybridized carbons (Fsp3) is 0.323. The van der Waals surface area contributed by atoms with Gasteiger partial charge in [0.15, 0.2) is 5.78 Å². The van der Waals surface area contributed by atoms with Crippen LogP contribution >= 0.6 is 11.8 Å². The number of thioether (sulfide) groups is 1. The number of hydrogen-bond acceptors (Lipinski definition) is 3. The van der Waals surface area contributed by atoms with E-state index >= 15 is 0 Å². The molecule has 3 atom stereocenters. The van der Waals surface area contributed by atoms with Crippen molar-refractivity contribution in [1.82, 2.24) is 0 Å². The highest BCUT2D eigenvalue weighted by molar-refractivity contribution is 8.01. The van der Waals surface area contributed by atoms with Crippen molar-refractivity contribution < 1.29 is 9.53 Å². The van der Waals surface area contributed by atoms with Crippen molar-refractivity contribution in [1.29, 1.82) is 0 Å². The molecular formula is C31H30O2S. The highest BCUT2D eigenvalue weighted by Gasteiger charge is 2.33. The smallest absolute Gasteiger partial charge is 0.174 e. The van der Waals surface area contributed by atoms with Crippen LogP contribution in [0.2, 0.25) is 0 Å². The summed E-state index contributed by atoms with van der Waals surface area (Å²) in [5.41, 5.74) is 3.27.